The number of hydrogen-bond acceptors (Lipinski definition) is 3. The third kappa shape index (κ3) is 2.15. The molecule has 1 aromatic carbocycles. The van der Waals surface area contributed by atoms with Crippen molar-refractivity contribution >= 4 is 6.29 Å². The van der Waals surface area contributed by atoms with E-state index in [4.69, 9.17) is 9.47 Å². The molecule has 0 saturated carbocycles. The zero-order chi connectivity index (χ0) is 12.3. The highest BCUT2D eigenvalue weighted by atomic mass is 16.5. The zero-order valence-electron chi connectivity index (χ0n) is 9.71. The third-order valence-electron chi connectivity index (χ3n) is 2.52. The van der Waals surface area contributed by atoms with Crippen molar-refractivity contribution < 1.29 is 14.3 Å². The first-order valence-electron chi connectivity index (χ1n) is 5.14. The number of hydrogen-bond donors (Lipinski definition) is 0. The fourth-order valence-electron chi connectivity index (χ4n) is 1.66. The molecule has 88 valence electrons. The second-order valence-corrected chi connectivity index (χ2v) is 3.49. The second kappa shape index (κ2) is 4.74. The lowest BCUT2D eigenvalue weighted by Gasteiger charge is -2.10. The standard InChI is InChI=1S/C13H13NO3/c1-16-12-6-11(7-13(8-12)17-2)14-5-3-4-10(14)9-15/h3-9H,1-2H3. The number of benzene rings is 1. The molecular weight excluding hydrogens is 218 g/mol. The van der Waals surface area contributed by atoms with Gasteiger partial charge in [-0.1, -0.05) is 0 Å². The highest BCUT2D eigenvalue weighted by Crippen LogP contribution is 2.25. The van der Waals surface area contributed by atoms with Gasteiger partial charge in [-0.15, -0.1) is 0 Å². The Kier molecular flexibility index (Phi) is 3.14. The molecule has 17 heavy (non-hydrogen) atoms. The van der Waals surface area contributed by atoms with Crippen molar-refractivity contribution in [3.05, 3.63) is 42.2 Å². The van der Waals surface area contributed by atoms with Crippen LogP contribution < -0.4 is 9.47 Å². The first kappa shape index (κ1) is 11.3. The van der Waals surface area contributed by atoms with Gasteiger partial charge < -0.3 is 14.0 Å². The summed E-state index contributed by atoms with van der Waals surface area (Å²) in [5, 5.41) is 0. The van der Waals surface area contributed by atoms with Crippen molar-refractivity contribution in [2.75, 3.05) is 14.2 Å². The van der Waals surface area contributed by atoms with Crippen LogP contribution in [0.3, 0.4) is 0 Å². The maximum Gasteiger partial charge on any atom is 0.166 e. The molecule has 0 aliphatic heterocycles. The summed E-state index contributed by atoms with van der Waals surface area (Å²) in [6, 6.07) is 9.03. The van der Waals surface area contributed by atoms with Crippen LogP contribution in [0.2, 0.25) is 0 Å². The average molecular weight is 231 g/mol. The van der Waals surface area contributed by atoms with Crippen molar-refractivity contribution in [3.63, 3.8) is 0 Å². The van der Waals surface area contributed by atoms with Crippen LogP contribution in [0.25, 0.3) is 5.69 Å². The summed E-state index contributed by atoms with van der Waals surface area (Å²) in [6.07, 6.45) is 2.63. The molecule has 0 spiro atoms. The number of aromatic nitrogens is 1. The highest BCUT2D eigenvalue weighted by molar-refractivity contribution is 5.74. The zero-order valence-corrected chi connectivity index (χ0v) is 9.71. The molecule has 0 N–H and O–H groups in total. The molecule has 1 aromatic heterocycles. The number of rotatable bonds is 4. The van der Waals surface area contributed by atoms with Gasteiger partial charge in [-0.25, -0.2) is 0 Å². The van der Waals surface area contributed by atoms with E-state index in [2.05, 4.69) is 0 Å². The van der Waals surface area contributed by atoms with E-state index >= 15 is 0 Å². The summed E-state index contributed by atoms with van der Waals surface area (Å²) < 4.78 is 12.2. The first-order chi connectivity index (χ1) is 8.28. The molecule has 0 aliphatic carbocycles. The van der Waals surface area contributed by atoms with E-state index in [-0.39, 0.29) is 0 Å². The minimum atomic E-state index is 0.584. The minimum absolute atomic E-state index is 0.584. The predicted octanol–water partition coefficient (Wildman–Crippen LogP) is 2.31. The quantitative estimate of drug-likeness (QED) is 0.758. The molecule has 0 saturated heterocycles. The number of carbonyl (C=O) groups excluding carboxylic acids is 1. The highest BCUT2D eigenvalue weighted by Gasteiger charge is 2.06. The number of methoxy groups -OCH3 is 2. The lowest BCUT2D eigenvalue weighted by molar-refractivity contribution is 0.111. The molecule has 0 fully saturated rings. The normalized spacial score (nSPS) is 10.0. The van der Waals surface area contributed by atoms with Crippen LogP contribution in [0.4, 0.5) is 0 Å². The van der Waals surface area contributed by atoms with Crippen LogP contribution in [0, 0.1) is 0 Å². The van der Waals surface area contributed by atoms with Gasteiger partial charge in [0.1, 0.15) is 11.5 Å². The van der Waals surface area contributed by atoms with Crippen LogP contribution in [0.1, 0.15) is 10.5 Å². The summed E-state index contributed by atoms with van der Waals surface area (Å²) in [4.78, 5) is 10.9. The van der Waals surface area contributed by atoms with Crippen LogP contribution in [0.5, 0.6) is 11.5 Å². The molecule has 4 nitrogen and oxygen atoms in total. The lowest BCUT2D eigenvalue weighted by atomic mass is 10.2. The van der Waals surface area contributed by atoms with Gasteiger partial charge in [0.25, 0.3) is 0 Å². The maximum absolute atomic E-state index is 10.9. The molecule has 0 bridgehead atoms. The smallest absolute Gasteiger partial charge is 0.166 e. The number of aldehydes is 1. The van der Waals surface area contributed by atoms with E-state index in [1.165, 1.54) is 0 Å². The SMILES string of the molecule is COc1cc(OC)cc(-n2cccc2C=O)c1. The van der Waals surface area contributed by atoms with Gasteiger partial charge in [-0.2, -0.15) is 0 Å². The average Bonchev–Trinajstić information content (AvgIpc) is 2.86. The maximum atomic E-state index is 10.9. The molecule has 0 radical (unpaired) electrons. The van der Waals surface area contributed by atoms with Gasteiger partial charge in [-0.05, 0) is 12.1 Å². The second-order valence-electron chi connectivity index (χ2n) is 3.49. The molecular formula is C13H13NO3. The van der Waals surface area contributed by atoms with Gasteiger partial charge in [0.15, 0.2) is 6.29 Å². The fourth-order valence-corrected chi connectivity index (χ4v) is 1.66. The number of carbonyl (C=O) groups is 1. The molecule has 1 heterocycles. The summed E-state index contributed by atoms with van der Waals surface area (Å²) >= 11 is 0. The number of nitrogens with zero attached hydrogens (tertiary/aromatic N) is 1. The van der Waals surface area contributed by atoms with E-state index in [1.807, 2.05) is 24.4 Å². The largest absolute Gasteiger partial charge is 0.497 e. The molecule has 0 atom stereocenters. The molecule has 0 unspecified atom stereocenters. The van der Waals surface area contributed by atoms with Crippen molar-refractivity contribution in [3.8, 4) is 17.2 Å². The Morgan fingerprint density at radius 2 is 1.76 bits per heavy atom. The Bertz CT molecular complexity index is 509. The van der Waals surface area contributed by atoms with Crippen molar-refractivity contribution in [1.29, 1.82) is 0 Å². The topological polar surface area (TPSA) is 40.5 Å². The van der Waals surface area contributed by atoms with Gasteiger partial charge in [0.2, 0.25) is 0 Å². The van der Waals surface area contributed by atoms with Gasteiger partial charge in [0.05, 0.1) is 25.6 Å². The van der Waals surface area contributed by atoms with Gasteiger partial charge in [0, 0.05) is 24.4 Å². The fraction of sp³-hybridized carbons (Fsp3) is 0.154. The van der Waals surface area contributed by atoms with E-state index in [1.54, 1.807) is 30.9 Å². The van der Waals surface area contributed by atoms with Crippen LogP contribution >= 0.6 is 0 Å². The molecule has 0 aliphatic rings. The van der Waals surface area contributed by atoms with Crippen LogP contribution in [-0.4, -0.2) is 25.1 Å². The lowest BCUT2D eigenvalue weighted by Crippen LogP contribution is -1.99. The van der Waals surface area contributed by atoms with E-state index in [0.717, 1.165) is 12.0 Å². The molecule has 0 amide bonds. The summed E-state index contributed by atoms with van der Waals surface area (Å²) in [7, 11) is 3.18. The van der Waals surface area contributed by atoms with Crippen LogP contribution in [-0.2, 0) is 0 Å². The predicted molar refractivity (Wildman–Crippen MR) is 64.3 cm³/mol. The third-order valence-corrected chi connectivity index (χ3v) is 2.52. The number of ether oxygens (including phenoxy) is 2. The molecule has 4 heteroatoms. The van der Waals surface area contributed by atoms with Gasteiger partial charge >= 0.3 is 0 Å². The van der Waals surface area contributed by atoms with Crippen molar-refractivity contribution in [2.45, 2.75) is 0 Å². The monoisotopic (exact) mass is 231 g/mol. The molecule has 2 rings (SSSR count). The summed E-state index contributed by atoms with van der Waals surface area (Å²) in [5.41, 5.74) is 1.41. The first-order valence-corrected chi connectivity index (χ1v) is 5.14. The van der Waals surface area contributed by atoms with Crippen molar-refractivity contribution in [1.82, 2.24) is 4.57 Å². The van der Waals surface area contributed by atoms with E-state index < -0.39 is 0 Å². The Morgan fingerprint density at radius 1 is 1.12 bits per heavy atom. The Labute approximate surface area is 99.4 Å². The summed E-state index contributed by atoms with van der Waals surface area (Å²) in [5.74, 6) is 1.37. The van der Waals surface area contributed by atoms with Crippen molar-refractivity contribution in [2.24, 2.45) is 0 Å². The summed E-state index contributed by atoms with van der Waals surface area (Å²) in [6.45, 7) is 0. The van der Waals surface area contributed by atoms with E-state index in [9.17, 15) is 4.79 Å². The Balaban J connectivity index is 2.54. The van der Waals surface area contributed by atoms with Gasteiger partial charge in [-0.3, -0.25) is 4.79 Å². The van der Waals surface area contributed by atoms with E-state index in [0.29, 0.717) is 17.2 Å². The van der Waals surface area contributed by atoms with Crippen LogP contribution in [0.15, 0.2) is 36.5 Å². The molecule has 2 aromatic rings. The Morgan fingerprint density at radius 3 is 2.29 bits per heavy atom. The minimum Gasteiger partial charge on any atom is -0.497 e. The Hall–Kier alpha value is -2.23.